The van der Waals surface area contributed by atoms with Gasteiger partial charge in [0.25, 0.3) is 0 Å². The fourth-order valence-electron chi connectivity index (χ4n) is 1.83. The number of hydrogen-bond acceptors (Lipinski definition) is 1. The Bertz CT molecular complexity index is 745. The van der Waals surface area contributed by atoms with Crippen molar-refractivity contribution in [3.05, 3.63) is 70.8 Å². The van der Waals surface area contributed by atoms with Crippen LogP contribution in [-0.2, 0) is 12.4 Å². The summed E-state index contributed by atoms with van der Waals surface area (Å²) in [5.41, 5.74) is -1.28. The van der Waals surface area contributed by atoms with Crippen molar-refractivity contribution >= 4 is 0 Å². The number of hydrogen-bond donors (Lipinski definition) is 1. The van der Waals surface area contributed by atoms with E-state index in [1.165, 1.54) is 0 Å². The molecule has 1 nitrogen and oxygen atoms in total. The maximum atomic E-state index is 12.4. The third-order valence-electron chi connectivity index (χ3n) is 3.12. The van der Waals surface area contributed by atoms with Gasteiger partial charge in [-0.2, -0.15) is 26.3 Å². The van der Waals surface area contributed by atoms with Crippen LogP contribution in [0.4, 0.5) is 26.3 Å². The molecule has 24 heavy (non-hydrogen) atoms. The number of aliphatic hydroxyl groups excluding tert-OH is 1. The average Bonchev–Trinajstić information content (AvgIpc) is 2.51. The molecule has 126 valence electrons. The van der Waals surface area contributed by atoms with Crippen LogP contribution in [0.25, 0.3) is 0 Å². The molecule has 2 aromatic carbocycles. The summed E-state index contributed by atoms with van der Waals surface area (Å²) < 4.78 is 74.6. The van der Waals surface area contributed by atoms with Gasteiger partial charge in [0, 0.05) is 5.56 Å². The topological polar surface area (TPSA) is 20.2 Å². The van der Waals surface area contributed by atoms with Gasteiger partial charge in [0.05, 0.1) is 11.1 Å². The summed E-state index contributed by atoms with van der Waals surface area (Å²) in [5.74, 6) is 4.85. The van der Waals surface area contributed by atoms with Crippen LogP contribution in [0.5, 0.6) is 0 Å². The number of benzene rings is 2. The van der Waals surface area contributed by atoms with E-state index >= 15 is 0 Å². The van der Waals surface area contributed by atoms with Crippen molar-refractivity contribution < 1.29 is 31.4 Å². The highest BCUT2D eigenvalue weighted by Gasteiger charge is 2.30. The Balaban J connectivity index is 2.13. The normalized spacial score (nSPS) is 13.1. The van der Waals surface area contributed by atoms with Crippen LogP contribution in [0.1, 0.15) is 28.4 Å². The molecule has 2 aromatic rings. The van der Waals surface area contributed by atoms with Gasteiger partial charge in [-0.15, -0.1) is 0 Å². The van der Waals surface area contributed by atoms with E-state index in [2.05, 4.69) is 11.8 Å². The first-order valence-corrected chi connectivity index (χ1v) is 6.61. The van der Waals surface area contributed by atoms with Crippen molar-refractivity contribution in [2.75, 3.05) is 0 Å². The molecular weight excluding hydrogens is 334 g/mol. The molecule has 1 atom stereocenters. The van der Waals surface area contributed by atoms with Crippen molar-refractivity contribution in [1.82, 2.24) is 0 Å². The second kappa shape index (κ2) is 6.57. The summed E-state index contributed by atoms with van der Waals surface area (Å²) in [6.45, 7) is 0. The van der Waals surface area contributed by atoms with Crippen LogP contribution in [0, 0.1) is 11.8 Å². The third kappa shape index (κ3) is 4.52. The molecule has 0 aliphatic carbocycles. The van der Waals surface area contributed by atoms with E-state index in [-0.39, 0.29) is 11.1 Å². The smallest absolute Gasteiger partial charge is 0.376 e. The molecule has 0 unspecified atom stereocenters. The fourth-order valence-corrected chi connectivity index (χ4v) is 1.83. The molecule has 7 heteroatoms. The van der Waals surface area contributed by atoms with Crippen LogP contribution < -0.4 is 0 Å². The SMILES string of the molecule is O[C@@H](C#Cc1ccc(C(F)(F)F)cc1)c1ccc(C(F)(F)F)cc1. The van der Waals surface area contributed by atoms with Crippen molar-refractivity contribution in [3.8, 4) is 11.8 Å². The zero-order valence-corrected chi connectivity index (χ0v) is 11.9. The van der Waals surface area contributed by atoms with E-state index in [1.807, 2.05) is 0 Å². The summed E-state index contributed by atoms with van der Waals surface area (Å²) in [6, 6.07) is 7.83. The van der Waals surface area contributed by atoms with Gasteiger partial charge in [-0.25, -0.2) is 0 Å². The second-order valence-corrected chi connectivity index (χ2v) is 4.87. The van der Waals surface area contributed by atoms with Crippen LogP contribution in [0.3, 0.4) is 0 Å². The molecule has 0 fully saturated rings. The van der Waals surface area contributed by atoms with Crippen molar-refractivity contribution in [2.45, 2.75) is 18.5 Å². The van der Waals surface area contributed by atoms with Crippen LogP contribution >= 0.6 is 0 Å². The maximum Gasteiger partial charge on any atom is 0.416 e. The van der Waals surface area contributed by atoms with Gasteiger partial charge in [0.2, 0.25) is 0 Å². The summed E-state index contributed by atoms with van der Waals surface area (Å²) in [7, 11) is 0. The Morgan fingerprint density at radius 3 is 1.54 bits per heavy atom. The molecule has 0 aliphatic heterocycles. The molecule has 0 heterocycles. The number of halogens is 6. The standard InChI is InChI=1S/C17H10F6O/c18-16(19,20)13-6-1-11(2-7-13)3-10-15(24)12-4-8-14(9-5-12)17(21,22)23/h1-2,4-9,15,24H/t15-/m0/s1. The Morgan fingerprint density at radius 1 is 0.708 bits per heavy atom. The van der Waals surface area contributed by atoms with Crippen LogP contribution in [0.15, 0.2) is 48.5 Å². The van der Waals surface area contributed by atoms with E-state index in [9.17, 15) is 31.4 Å². The fraction of sp³-hybridized carbons (Fsp3) is 0.176. The van der Waals surface area contributed by atoms with Gasteiger partial charge in [-0.1, -0.05) is 24.0 Å². The van der Waals surface area contributed by atoms with E-state index < -0.39 is 29.6 Å². The lowest BCUT2D eigenvalue weighted by atomic mass is 10.1. The van der Waals surface area contributed by atoms with Crippen molar-refractivity contribution in [3.63, 3.8) is 0 Å². The van der Waals surface area contributed by atoms with Crippen molar-refractivity contribution in [2.24, 2.45) is 0 Å². The first-order chi connectivity index (χ1) is 11.1. The quantitative estimate of drug-likeness (QED) is 0.581. The highest BCUT2D eigenvalue weighted by atomic mass is 19.4. The largest absolute Gasteiger partial charge is 0.416 e. The number of alkyl halides is 6. The third-order valence-corrected chi connectivity index (χ3v) is 3.12. The predicted octanol–water partition coefficient (Wildman–Crippen LogP) is 4.81. The molecular formula is C17H10F6O. The molecule has 0 radical (unpaired) electrons. The van der Waals surface area contributed by atoms with Crippen LogP contribution in [-0.4, -0.2) is 5.11 Å². The lowest BCUT2D eigenvalue weighted by Crippen LogP contribution is -2.05. The lowest BCUT2D eigenvalue weighted by Gasteiger charge is -2.08. The lowest BCUT2D eigenvalue weighted by molar-refractivity contribution is -0.138. The van der Waals surface area contributed by atoms with E-state index in [0.717, 1.165) is 48.5 Å². The zero-order chi connectivity index (χ0) is 18.0. The molecule has 0 saturated heterocycles. The van der Waals surface area contributed by atoms with E-state index in [4.69, 9.17) is 0 Å². The van der Waals surface area contributed by atoms with Gasteiger partial charge in [0.15, 0.2) is 0 Å². The first kappa shape index (κ1) is 17.9. The minimum atomic E-state index is -4.48. The molecule has 1 N–H and O–H groups in total. The highest BCUT2D eigenvalue weighted by Crippen LogP contribution is 2.30. The minimum Gasteiger partial charge on any atom is -0.376 e. The zero-order valence-electron chi connectivity index (χ0n) is 11.9. The summed E-state index contributed by atoms with van der Waals surface area (Å²) in [5, 5.41) is 9.82. The van der Waals surface area contributed by atoms with Gasteiger partial charge in [-0.05, 0) is 42.0 Å². The molecule has 2 rings (SSSR count). The van der Waals surface area contributed by atoms with Crippen LogP contribution in [0.2, 0.25) is 0 Å². The Kier molecular flexibility index (Phi) is 4.90. The maximum absolute atomic E-state index is 12.4. The highest BCUT2D eigenvalue weighted by molar-refractivity contribution is 5.39. The second-order valence-electron chi connectivity index (χ2n) is 4.87. The summed E-state index contributed by atoms with van der Waals surface area (Å²) in [6.07, 6.45) is -10.3. The average molecular weight is 344 g/mol. The monoisotopic (exact) mass is 344 g/mol. The van der Waals surface area contributed by atoms with Crippen molar-refractivity contribution in [1.29, 1.82) is 0 Å². The Labute approximate surface area is 133 Å². The van der Waals surface area contributed by atoms with Gasteiger partial charge in [-0.3, -0.25) is 0 Å². The first-order valence-electron chi connectivity index (χ1n) is 6.61. The summed E-state index contributed by atoms with van der Waals surface area (Å²) in [4.78, 5) is 0. The minimum absolute atomic E-state index is 0.155. The van der Waals surface area contributed by atoms with Gasteiger partial charge >= 0.3 is 12.4 Å². The predicted molar refractivity (Wildman–Crippen MR) is 74.7 cm³/mol. The summed E-state index contributed by atoms with van der Waals surface area (Å²) >= 11 is 0. The molecule has 0 spiro atoms. The van der Waals surface area contributed by atoms with E-state index in [0.29, 0.717) is 0 Å². The molecule has 0 aliphatic rings. The number of rotatable bonds is 1. The Hall–Kier alpha value is -2.46. The van der Waals surface area contributed by atoms with Gasteiger partial charge < -0.3 is 5.11 Å². The molecule has 0 aromatic heterocycles. The molecule has 0 saturated carbocycles. The Morgan fingerprint density at radius 2 is 1.12 bits per heavy atom. The molecule has 0 amide bonds. The molecule has 0 bridgehead atoms. The van der Waals surface area contributed by atoms with Gasteiger partial charge in [0.1, 0.15) is 6.10 Å². The van der Waals surface area contributed by atoms with E-state index in [1.54, 1.807) is 0 Å². The number of aliphatic hydroxyl groups is 1.